The molecule has 0 bridgehead atoms. The minimum Gasteiger partial charge on any atom is -0.585 e. The third-order valence-electron chi connectivity index (χ3n) is 4.36. The predicted molar refractivity (Wildman–Crippen MR) is 119 cm³/mol. The van der Waals surface area contributed by atoms with Gasteiger partial charge in [0.2, 0.25) is 0 Å². The summed E-state index contributed by atoms with van der Waals surface area (Å²) in [5.74, 6) is 0.640. The average molecular weight is 440 g/mol. The van der Waals surface area contributed by atoms with E-state index in [0.29, 0.717) is 27.0 Å². The van der Waals surface area contributed by atoms with Crippen molar-refractivity contribution in [2.75, 3.05) is 11.8 Å². The van der Waals surface area contributed by atoms with E-state index in [1.807, 2.05) is 60.7 Å². The van der Waals surface area contributed by atoms with E-state index in [1.165, 1.54) is 7.11 Å². The Kier molecular flexibility index (Phi) is 6.27. The number of benzene rings is 3. The number of fused-ring (bicyclic) bond motifs is 1. The van der Waals surface area contributed by atoms with Crippen LogP contribution in [0.2, 0.25) is 0 Å². The Morgan fingerprint density at radius 3 is 2.70 bits per heavy atom. The molecule has 1 N–H and O–H groups in total. The predicted octanol–water partition coefficient (Wildman–Crippen LogP) is 5.83. The molecule has 0 aliphatic rings. The summed E-state index contributed by atoms with van der Waals surface area (Å²) in [6.07, 6.45) is 0. The number of hydrogen-bond acceptors (Lipinski definition) is 6. The molecule has 0 aliphatic carbocycles. The zero-order valence-corrected chi connectivity index (χ0v) is 17.7. The Bertz CT molecular complexity index is 1150. The summed E-state index contributed by atoms with van der Waals surface area (Å²) in [6.45, 7) is 0. The second-order valence-corrected chi connectivity index (χ2v) is 8.53. The highest BCUT2D eigenvalue weighted by atomic mass is 32.2. The summed E-state index contributed by atoms with van der Waals surface area (Å²) in [4.78, 5) is 17.8. The normalized spacial score (nSPS) is 11.9. The maximum atomic E-state index is 12.8. The quantitative estimate of drug-likeness (QED) is 0.211. The Balaban J connectivity index is 1.48. The molecule has 0 amide bonds. The molecule has 1 unspecified atom stereocenters. The van der Waals surface area contributed by atoms with Gasteiger partial charge in [0.05, 0.1) is 10.6 Å². The van der Waals surface area contributed by atoms with Crippen molar-refractivity contribution in [3.63, 3.8) is 0 Å². The molecule has 0 radical (unpaired) electrons. The van der Waals surface area contributed by atoms with Crippen LogP contribution < -0.4 is 4.72 Å². The molecule has 4 rings (SSSR count). The van der Waals surface area contributed by atoms with E-state index in [9.17, 15) is 9.46 Å². The van der Waals surface area contributed by atoms with Crippen molar-refractivity contribution in [2.24, 2.45) is 0 Å². The second kappa shape index (κ2) is 9.25. The van der Waals surface area contributed by atoms with Crippen LogP contribution in [0, 0.1) is 4.91 Å². The maximum absolute atomic E-state index is 12.8. The molecule has 0 saturated carbocycles. The van der Waals surface area contributed by atoms with E-state index >= 15 is 0 Å². The summed E-state index contributed by atoms with van der Waals surface area (Å²) < 4.78 is 21.5. The van der Waals surface area contributed by atoms with Crippen molar-refractivity contribution < 1.29 is 18.7 Å². The number of furan rings is 1. The monoisotopic (exact) mass is 439 g/mol. The van der Waals surface area contributed by atoms with Crippen LogP contribution in [0.1, 0.15) is 5.56 Å². The SMILES string of the molecule is CO[N+](=O)c1cccc(CSc2ccccc2N[S+]([O-])c2cc3ccccc3o2)c1. The lowest BCUT2D eigenvalue weighted by atomic mass is 10.2. The van der Waals surface area contributed by atoms with Crippen LogP contribution in [0.25, 0.3) is 11.0 Å². The first-order chi connectivity index (χ1) is 14.6. The molecule has 3 aromatic carbocycles. The topological polar surface area (TPSA) is 77.5 Å². The van der Waals surface area contributed by atoms with Crippen LogP contribution in [0.4, 0.5) is 11.4 Å². The van der Waals surface area contributed by atoms with Crippen LogP contribution in [0.15, 0.2) is 93.3 Å². The summed E-state index contributed by atoms with van der Waals surface area (Å²) in [5, 5.41) is 1.28. The zero-order chi connectivity index (χ0) is 20.9. The standard InChI is InChI=1S/C22H19N2O4S2/c1-27-24(25)18-9-6-7-16(13-18)15-29-21-12-5-3-10-19(21)23-30(26)22-14-17-8-2-4-11-20(17)28-22/h2-14,23H,15H2,1H3/q+1. The van der Waals surface area contributed by atoms with Crippen molar-refractivity contribution in [1.29, 1.82) is 0 Å². The summed E-state index contributed by atoms with van der Waals surface area (Å²) in [6, 6.07) is 24.2. The first-order valence-corrected chi connectivity index (χ1v) is 11.3. The summed E-state index contributed by atoms with van der Waals surface area (Å²) >= 11 is 0.0504. The smallest absolute Gasteiger partial charge is 0.339 e. The first-order valence-electron chi connectivity index (χ1n) is 9.13. The Labute approximate surface area is 181 Å². The molecule has 0 spiro atoms. The van der Waals surface area contributed by atoms with E-state index in [4.69, 9.17) is 9.25 Å². The highest BCUT2D eigenvalue weighted by molar-refractivity contribution is 7.98. The van der Waals surface area contributed by atoms with E-state index in [1.54, 1.807) is 30.0 Å². The van der Waals surface area contributed by atoms with Crippen molar-refractivity contribution in [3.05, 3.63) is 89.3 Å². The average Bonchev–Trinajstić information content (AvgIpc) is 3.23. The Morgan fingerprint density at radius 1 is 1.07 bits per heavy atom. The lowest BCUT2D eigenvalue weighted by Gasteiger charge is -2.12. The maximum Gasteiger partial charge on any atom is 0.339 e. The number of para-hydroxylation sites is 2. The van der Waals surface area contributed by atoms with Crippen molar-refractivity contribution in [1.82, 2.24) is 0 Å². The van der Waals surface area contributed by atoms with Gasteiger partial charge < -0.3 is 8.97 Å². The fourth-order valence-corrected chi connectivity index (χ4v) is 4.80. The van der Waals surface area contributed by atoms with Crippen LogP contribution in [-0.2, 0) is 22.0 Å². The molecule has 152 valence electrons. The highest BCUT2D eigenvalue weighted by Gasteiger charge is 2.20. The number of nitrogens with one attached hydrogen (secondary N) is 1. The van der Waals surface area contributed by atoms with Gasteiger partial charge in [-0.1, -0.05) is 42.5 Å². The minimum absolute atomic E-state index is 0.374. The van der Waals surface area contributed by atoms with Crippen LogP contribution >= 0.6 is 11.8 Å². The molecular weight excluding hydrogens is 420 g/mol. The molecule has 8 heteroatoms. The fourth-order valence-electron chi connectivity index (χ4n) is 2.90. The number of nitrogens with zero attached hydrogens (tertiary/aromatic N) is 1. The van der Waals surface area contributed by atoms with Crippen molar-refractivity contribution in [2.45, 2.75) is 15.7 Å². The lowest BCUT2D eigenvalue weighted by molar-refractivity contribution is -0.736. The van der Waals surface area contributed by atoms with Gasteiger partial charge in [0.1, 0.15) is 16.9 Å². The van der Waals surface area contributed by atoms with E-state index in [0.717, 1.165) is 21.5 Å². The van der Waals surface area contributed by atoms with Gasteiger partial charge in [-0.2, -0.15) is 4.72 Å². The minimum atomic E-state index is -1.53. The number of hydrogen-bond donors (Lipinski definition) is 1. The van der Waals surface area contributed by atoms with Gasteiger partial charge >= 0.3 is 10.8 Å². The van der Waals surface area contributed by atoms with Gasteiger partial charge in [-0.3, -0.25) is 0 Å². The molecule has 6 nitrogen and oxygen atoms in total. The fraction of sp³-hybridized carbons (Fsp3) is 0.0909. The zero-order valence-electron chi connectivity index (χ0n) is 16.1. The Hall–Kier alpha value is -2.94. The lowest BCUT2D eigenvalue weighted by Crippen LogP contribution is -2.12. The summed E-state index contributed by atoms with van der Waals surface area (Å²) in [7, 11) is 1.33. The van der Waals surface area contributed by atoms with Crippen LogP contribution in [-0.4, -0.2) is 16.6 Å². The molecule has 1 heterocycles. The number of thioether (sulfide) groups is 1. The van der Waals surface area contributed by atoms with Gasteiger partial charge in [0.25, 0.3) is 4.92 Å². The van der Waals surface area contributed by atoms with Crippen LogP contribution in [0.3, 0.4) is 0 Å². The highest BCUT2D eigenvalue weighted by Crippen LogP contribution is 2.32. The van der Waals surface area contributed by atoms with E-state index in [2.05, 4.69) is 4.72 Å². The summed E-state index contributed by atoms with van der Waals surface area (Å²) in [5.41, 5.74) is 2.87. The first kappa shape index (κ1) is 20.3. The molecule has 0 fully saturated rings. The largest absolute Gasteiger partial charge is 0.585 e. The van der Waals surface area contributed by atoms with Crippen molar-refractivity contribution >= 4 is 45.5 Å². The molecular formula is C22H19N2O4S2+. The second-order valence-electron chi connectivity index (χ2n) is 6.37. The molecule has 0 saturated heterocycles. The molecule has 4 aromatic rings. The molecule has 30 heavy (non-hydrogen) atoms. The third kappa shape index (κ3) is 4.62. The van der Waals surface area contributed by atoms with Gasteiger partial charge in [-0.15, -0.1) is 11.8 Å². The Morgan fingerprint density at radius 2 is 1.87 bits per heavy atom. The van der Waals surface area contributed by atoms with Crippen molar-refractivity contribution in [3.8, 4) is 0 Å². The van der Waals surface area contributed by atoms with Crippen LogP contribution in [0.5, 0.6) is 0 Å². The molecule has 0 aliphatic heterocycles. The molecule has 1 atom stereocenters. The number of anilines is 1. The van der Waals surface area contributed by atoms with Gasteiger partial charge in [-0.05, 0) is 23.8 Å². The van der Waals surface area contributed by atoms with Gasteiger partial charge in [-0.25, -0.2) is 4.84 Å². The number of rotatable bonds is 8. The van der Waals surface area contributed by atoms with Gasteiger partial charge in [0, 0.05) is 34.2 Å². The van der Waals surface area contributed by atoms with Gasteiger partial charge in [0.15, 0.2) is 7.11 Å². The third-order valence-corrected chi connectivity index (χ3v) is 6.47. The molecule has 1 aromatic heterocycles. The van der Waals surface area contributed by atoms with E-state index < -0.39 is 11.4 Å². The van der Waals surface area contributed by atoms with E-state index in [-0.39, 0.29) is 0 Å².